The first-order valence-corrected chi connectivity index (χ1v) is 9.41. The van der Waals surface area contributed by atoms with Crippen molar-refractivity contribution in [2.24, 2.45) is 0 Å². The molecule has 0 fully saturated rings. The molecule has 0 atom stereocenters. The molecule has 1 aromatic carbocycles. The van der Waals surface area contributed by atoms with Crippen LogP contribution in [0.15, 0.2) is 23.6 Å². The Morgan fingerprint density at radius 2 is 2.15 bits per heavy atom. The monoisotopic (exact) mass is 370 g/mol. The smallest absolute Gasteiger partial charge is 0.231 e. The van der Waals surface area contributed by atoms with Gasteiger partial charge >= 0.3 is 0 Å². The standard InChI is InChI=1S/C17H18N6O2S/c1-2-13-14(25-10-24-13)5-11(1)17-20-12(9-26-17)6-19-8-16-22-21-15-7-18-3-4-23(15)16/h1-2,5,9,18-19H,3-4,6-8,10H2. The summed E-state index contributed by atoms with van der Waals surface area (Å²) in [5, 5.41) is 18.3. The zero-order valence-electron chi connectivity index (χ0n) is 14.1. The number of fused-ring (bicyclic) bond motifs is 2. The zero-order chi connectivity index (χ0) is 17.3. The van der Waals surface area contributed by atoms with Crippen molar-refractivity contribution in [1.82, 2.24) is 30.4 Å². The van der Waals surface area contributed by atoms with Crippen molar-refractivity contribution in [2.45, 2.75) is 26.2 Å². The summed E-state index contributed by atoms with van der Waals surface area (Å²) in [6, 6.07) is 5.93. The van der Waals surface area contributed by atoms with Gasteiger partial charge in [0.1, 0.15) is 16.7 Å². The molecule has 2 aliphatic heterocycles. The summed E-state index contributed by atoms with van der Waals surface area (Å²) in [6.07, 6.45) is 0. The molecule has 2 N–H and O–H groups in total. The summed E-state index contributed by atoms with van der Waals surface area (Å²) in [5.74, 6) is 3.56. The Hall–Kier alpha value is -2.49. The van der Waals surface area contributed by atoms with Crippen molar-refractivity contribution in [2.75, 3.05) is 13.3 Å². The highest BCUT2D eigenvalue weighted by molar-refractivity contribution is 7.13. The molecule has 4 heterocycles. The molecule has 0 radical (unpaired) electrons. The van der Waals surface area contributed by atoms with E-state index < -0.39 is 0 Å². The lowest BCUT2D eigenvalue weighted by Crippen LogP contribution is -2.30. The fourth-order valence-electron chi connectivity index (χ4n) is 3.14. The van der Waals surface area contributed by atoms with Gasteiger partial charge in [-0.1, -0.05) is 0 Å². The van der Waals surface area contributed by atoms with Gasteiger partial charge in [0.15, 0.2) is 11.5 Å². The largest absolute Gasteiger partial charge is 0.454 e. The van der Waals surface area contributed by atoms with Crippen LogP contribution < -0.4 is 20.1 Å². The molecule has 0 unspecified atom stereocenters. The molecule has 9 heteroatoms. The van der Waals surface area contributed by atoms with Crippen LogP contribution in [0.1, 0.15) is 17.3 Å². The quantitative estimate of drug-likeness (QED) is 0.704. The van der Waals surface area contributed by atoms with E-state index in [1.165, 1.54) is 0 Å². The average molecular weight is 370 g/mol. The van der Waals surface area contributed by atoms with Gasteiger partial charge in [0.2, 0.25) is 6.79 Å². The molecule has 0 saturated carbocycles. The van der Waals surface area contributed by atoms with Crippen molar-refractivity contribution < 1.29 is 9.47 Å². The molecular weight excluding hydrogens is 352 g/mol. The Kier molecular flexibility index (Phi) is 4.04. The molecule has 0 amide bonds. The highest BCUT2D eigenvalue weighted by atomic mass is 32.1. The van der Waals surface area contributed by atoms with Crippen LogP contribution in [0.5, 0.6) is 11.5 Å². The molecule has 5 rings (SSSR count). The third kappa shape index (κ3) is 2.94. The van der Waals surface area contributed by atoms with Gasteiger partial charge in [-0.25, -0.2) is 4.98 Å². The van der Waals surface area contributed by atoms with E-state index in [9.17, 15) is 0 Å². The van der Waals surface area contributed by atoms with Gasteiger partial charge < -0.3 is 24.7 Å². The predicted molar refractivity (Wildman–Crippen MR) is 95.9 cm³/mol. The Morgan fingerprint density at radius 1 is 1.19 bits per heavy atom. The minimum Gasteiger partial charge on any atom is -0.454 e. The number of nitrogens with zero attached hydrogens (tertiary/aromatic N) is 4. The van der Waals surface area contributed by atoms with E-state index in [4.69, 9.17) is 14.5 Å². The highest BCUT2D eigenvalue weighted by Crippen LogP contribution is 2.36. The molecule has 26 heavy (non-hydrogen) atoms. The molecule has 0 bridgehead atoms. The third-order valence-corrected chi connectivity index (χ3v) is 5.40. The number of benzene rings is 1. The van der Waals surface area contributed by atoms with Gasteiger partial charge in [-0.05, 0) is 18.2 Å². The molecule has 0 aliphatic carbocycles. The first kappa shape index (κ1) is 15.7. The van der Waals surface area contributed by atoms with Gasteiger partial charge in [0, 0.05) is 30.6 Å². The van der Waals surface area contributed by atoms with Gasteiger partial charge in [-0.15, -0.1) is 21.5 Å². The molecule has 134 valence electrons. The zero-order valence-corrected chi connectivity index (χ0v) is 14.9. The number of nitrogens with one attached hydrogen (secondary N) is 2. The van der Waals surface area contributed by atoms with E-state index in [0.29, 0.717) is 13.1 Å². The fraction of sp³-hybridized carbons (Fsp3) is 0.353. The summed E-state index contributed by atoms with van der Waals surface area (Å²) in [7, 11) is 0. The first-order chi connectivity index (χ1) is 12.9. The maximum absolute atomic E-state index is 5.44. The number of rotatable bonds is 5. The van der Waals surface area contributed by atoms with Gasteiger partial charge in [-0.3, -0.25) is 0 Å². The topological polar surface area (TPSA) is 86.1 Å². The number of thiazole rings is 1. The van der Waals surface area contributed by atoms with Crippen LogP contribution in [0.25, 0.3) is 10.6 Å². The van der Waals surface area contributed by atoms with E-state index >= 15 is 0 Å². The summed E-state index contributed by atoms with van der Waals surface area (Å²) in [5.41, 5.74) is 2.06. The number of hydrogen-bond acceptors (Lipinski definition) is 8. The lowest BCUT2D eigenvalue weighted by atomic mass is 10.2. The first-order valence-electron chi connectivity index (χ1n) is 8.53. The van der Waals surface area contributed by atoms with Gasteiger partial charge in [0.25, 0.3) is 0 Å². The lowest BCUT2D eigenvalue weighted by molar-refractivity contribution is 0.174. The lowest BCUT2D eigenvalue weighted by Gasteiger charge is -2.16. The number of aromatic nitrogens is 4. The molecule has 0 spiro atoms. The predicted octanol–water partition coefficient (Wildman–Crippen LogP) is 1.52. The van der Waals surface area contributed by atoms with Gasteiger partial charge in [0.05, 0.1) is 18.8 Å². The summed E-state index contributed by atoms with van der Waals surface area (Å²) in [6.45, 7) is 4.34. The molecule has 2 aliphatic rings. The fourth-order valence-corrected chi connectivity index (χ4v) is 3.95. The highest BCUT2D eigenvalue weighted by Gasteiger charge is 2.16. The van der Waals surface area contributed by atoms with E-state index in [-0.39, 0.29) is 6.79 Å². The Morgan fingerprint density at radius 3 is 3.15 bits per heavy atom. The SMILES string of the molecule is c1cc2c(cc1-c1nc(CNCc3nnc4n3CCNC4)cs1)OCO2. The molecular formula is C17H18N6O2S. The van der Waals surface area contributed by atoms with Crippen LogP contribution in [0.3, 0.4) is 0 Å². The maximum atomic E-state index is 5.44. The Bertz CT molecular complexity index is 937. The van der Waals surface area contributed by atoms with Crippen molar-refractivity contribution in [3.8, 4) is 22.1 Å². The van der Waals surface area contributed by atoms with Crippen molar-refractivity contribution >= 4 is 11.3 Å². The Labute approximate surface area is 154 Å². The summed E-state index contributed by atoms with van der Waals surface area (Å²) in [4.78, 5) is 4.72. The molecule has 8 nitrogen and oxygen atoms in total. The van der Waals surface area contributed by atoms with E-state index in [0.717, 1.165) is 59.0 Å². The third-order valence-electron chi connectivity index (χ3n) is 4.46. The Balaban J connectivity index is 1.23. The van der Waals surface area contributed by atoms with Crippen molar-refractivity contribution in [1.29, 1.82) is 0 Å². The summed E-state index contributed by atoms with van der Waals surface area (Å²) < 4.78 is 13.0. The van der Waals surface area contributed by atoms with E-state index in [1.54, 1.807) is 11.3 Å². The van der Waals surface area contributed by atoms with Crippen LogP contribution in [-0.4, -0.2) is 33.1 Å². The van der Waals surface area contributed by atoms with Crippen LogP contribution in [-0.2, 0) is 26.2 Å². The number of ether oxygens (including phenoxy) is 2. The minimum absolute atomic E-state index is 0.286. The number of hydrogen-bond donors (Lipinski definition) is 2. The van der Waals surface area contributed by atoms with E-state index in [1.807, 2.05) is 18.2 Å². The van der Waals surface area contributed by atoms with Crippen molar-refractivity contribution in [3.05, 3.63) is 40.9 Å². The molecule has 2 aromatic heterocycles. The second kappa shape index (κ2) is 6.67. The second-order valence-electron chi connectivity index (χ2n) is 6.18. The minimum atomic E-state index is 0.286. The van der Waals surface area contributed by atoms with Crippen LogP contribution in [0.2, 0.25) is 0 Å². The summed E-state index contributed by atoms with van der Waals surface area (Å²) >= 11 is 1.63. The van der Waals surface area contributed by atoms with E-state index in [2.05, 4.69) is 30.8 Å². The van der Waals surface area contributed by atoms with Crippen molar-refractivity contribution in [3.63, 3.8) is 0 Å². The van der Waals surface area contributed by atoms with Crippen LogP contribution >= 0.6 is 11.3 Å². The van der Waals surface area contributed by atoms with Crippen LogP contribution in [0, 0.1) is 0 Å². The average Bonchev–Trinajstić information content (AvgIpc) is 3.41. The maximum Gasteiger partial charge on any atom is 0.231 e. The van der Waals surface area contributed by atoms with Crippen LogP contribution in [0.4, 0.5) is 0 Å². The molecule has 0 saturated heterocycles. The molecule has 3 aromatic rings. The normalized spacial score (nSPS) is 15.2. The van der Waals surface area contributed by atoms with Gasteiger partial charge in [-0.2, -0.15) is 0 Å². The second-order valence-corrected chi connectivity index (χ2v) is 7.03.